The number of aromatic carboxylic acids is 1. The summed E-state index contributed by atoms with van der Waals surface area (Å²) < 4.78 is 54.0. The van der Waals surface area contributed by atoms with E-state index in [1.165, 1.54) is 35.4 Å². The third kappa shape index (κ3) is 25.1. The zero-order valence-electron chi connectivity index (χ0n) is 58.4. The first-order valence-electron chi connectivity index (χ1n) is 33.4. The molecule has 0 radical (unpaired) electrons. The predicted octanol–water partition coefficient (Wildman–Crippen LogP) is 16.7. The highest BCUT2D eigenvalue weighted by Gasteiger charge is 2.29. The number of amides is 2. The molecule has 3 aliphatic rings. The number of aliphatic carboxylic acids is 2. The second kappa shape index (κ2) is 37.3. The third-order valence-corrected chi connectivity index (χ3v) is 17.1. The van der Waals surface area contributed by atoms with Crippen molar-refractivity contribution in [1.82, 2.24) is 15.1 Å². The molecule has 0 spiro atoms. The maximum atomic E-state index is 14.6. The van der Waals surface area contributed by atoms with Gasteiger partial charge in [-0.1, -0.05) is 98.9 Å². The van der Waals surface area contributed by atoms with Crippen LogP contribution in [-0.2, 0) is 77.2 Å². The lowest BCUT2D eigenvalue weighted by molar-refractivity contribution is -0.143. The number of anilines is 3. The number of nitrogens with one attached hydrogen (secondary N) is 4. The lowest BCUT2D eigenvalue weighted by Crippen LogP contribution is -2.38. The van der Waals surface area contributed by atoms with Gasteiger partial charge >= 0.3 is 30.1 Å². The largest absolute Gasteiger partial charge is 0.481 e. The topological polar surface area (TPSA) is 253 Å². The predicted molar refractivity (Wildman–Crippen MR) is 385 cm³/mol. The van der Waals surface area contributed by atoms with E-state index in [0.29, 0.717) is 98.4 Å². The van der Waals surface area contributed by atoms with Crippen molar-refractivity contribution in [3.63, 3.8) is 0 Å². The highest BCUT2D eigenvalue weighted by atomic mass is 35.5. The summed E-state index contributed by atoms with van der Waals surface area (Å²) in [5.74, 6) is -5.14. The molecule has 18 nitrogen and oxygen atoms in total. The summed E-state index contributed by atoms with van der Waals surface area (Å²) >= 11 is 19.4. The van der Waals surface area contributed by atoms with Crippen LogP contribution in [0.15, 0.2) is 91.0 Å². The number of ketones is 2. The van der Waals surface area contributed by atoms with Crippen LogP contribution in [0.2, 0.25) is 15.1 Å². The fourth-order valence-corrected chi connectivity index (χ4v) is 12.0. The van der Waals surface area contributed by atoms with Gasteiger partial charge < -0.3 is 55.9 Å². The molecule has 9 rings (SSSR count). The Labute approximate surface area is 598 Å². The van der Waals surface area contributed by atoms with Crippen molar-refractivity contribution in [1.29, 1.82) is 0 Å². The van der Waals surface area contributed by atoms with Crippen LogP contribution < -0.4 is 21.3 Å². The van der Waals surface area contributed by atoms with E-state index in [9.17, 15) is 46.7 Å². The molecular formula is C76H92Cl3F3N6O12. The summed E-state index contributed by atoms with van der Waals surface area (Å²) in [6.07, 6.45) is 3.91. The molecule has 0 fully saturated rings. The number of carboxylic acid groups (broad SMARTS) is 3. The van der Waals surface area contributed by atoms with Gasteiger partial charge in [0, 0.05) is 58.7 Å². The van der Waals surface area contributed by atoms with E-state index in [1.807, 2.05) is 93.5 Å². The molecule has 0 aromatic heterocycles. The van der Waals surface area contributed by atoms with Crippen LogP contribution in [0, 0.1) is 29.3 Å². The Hall–Kier alpha value is -8.37. The van der Waals surface area contributed by atoms with Crippen molar-refractivity contribution in [3.8, 4) is 0 Å². The van der Waals surface area contributed by atoms with Gasteiger partial charge in [-0.3, -0.25) is 19.2 Å². The van der Waals surface area contributed by atoms with Crippen LogP contribution in [-0.4, -0.2) is 117 Å². The van der Waals surface area contributed by atoms with Gasteiger partial charge in [0.15, 0.2) is 11.6 Å². The minimum Gasteiger partial charge on any atom is -0.481 e. The molecule has 7 N–H and O–H groups in total. The van der Waals surface area contributed by atoms with Crippen molar-refractivity contribution < 1.29 is 71.5 Å². The quantitative estimate of drug-likeness (QED) is 0.0372. The number of nitrogens with zero attached hydrogens (tertiary/aromatic N) is 2. The van der Waals surface area contributed by atoms with Gasteiger partial charge in [0.25, 0.3) is 0 Å². The Kier molecular flexibility index (Phi) is 30.1. The van der Waals surface area contributed by atoms with Gasteiger partial charge in [-0.15, -0.1) is 0 Å². The Balaban J connectivity index is 0.000000225. The van der Waals surface area contributed by atoms with E-state index in [4.69, 9.17) is 59.6 Å². The highest BCUT2D eigenvalue weighted by Crippen LogP contribution is 2.36. The number of halogens is 6. The second-order valence-electron chi connectivity index (χ2n) is 27.5. The number of benzene rings is 6. The molecule has 0 atom stereocenters. The number of Topliss-reactive ketones (excluding diaryl/α,β-unsaturated/α-hetero) is 2. The zero-order chi connectivity index (χ0) is 73.8. The van der Waals surface area contributed by atoms with E-state index in [0.717, 1.165) is 76.4 Å². The van der Waals surface area contributed by atoms with Gasteiger partial charge in [-0.2, -0.15) is 0 Å². The standard InChI is InChI=1S/C27H34ClFN2O3.C23H26ClFN2O4.C22H26ClFN2O.C4H6O4/c1-17(2)14-24(32)21-8-6-18(15-23(21)29)16-30-25-20-11-13-31(26(33)34-27(3,4)5)12-10-19(20)7-9-22(25)28;1-23(2,3)31-22(30)27-10-8-15-5-7-18(24)20(16(15)9-11-27)26-13-14-4-6-17(21(28)29)19(25)12-14;1-14(2)11-21(27)18-5-3-15(12-20(18)24)13-26-22-17-8-10-25-9-7-16(17)4-6-19(22)23;5-3(6)1-2-4(7)8/h6-9,15,17,30H,10-14,16H2,1-5H3;4-7,12,26H,8-11,13H2,1-3H3,(H,28,29);3-6,12,14,25-26H,7-11,13H2,1-2H3;1-2H2,(H,5,6)(H,7,8). The summed E-state index contributed by atoms with van der Waals surface area (Å²) in [5.41, 5.74) is 10.2. The molecule has 3 aliphatic heterocycles. The van der Waals surface area contributed by atoms with Crippen LogP contribution in [0.1, 0.15) is 176 Å². The van der Waals surface area contributed by atoms with Gasteiger partial charge in [-0.25, -0.2) is 27.6 Å². The summed E-state index contributed by atoms with van der Waals surface area (Å²) in [6, 6.07) is 25.2. The smallest absolute Gasteiger partial charge is 0.410 e. The molecule has 24 heteroatoms. The number of hydrogen-bond acceptors (Lipinski definition) is 13. The van der Waals surface area contributed by atoms with Crippen LogP contribution >= 0.6 is 34.8 Å². The van der Waals surface area contributed by atoms with E-state index in [1.54, 1.807) is 46.2 Å². The monoisotopic (exact) mass is 1440 g/mol. The molecule has 6 aromatic carbocycles. The molecule has 0 bridgehead atoms. The summed E-state index contributed by atoms with van der Waals surface area (Å²) in [4.78, 5) is 83.1. The number of carbonyl (C=O) groups is 7. The summed E-state index contributed by atoms with van der Waals surface area (Å²) in [5, 5.41) is 40.0. The van der Waals surface area contributed by atoms with Gasteiger partial charge in [-0.05, 0) is 210 Å². The fourth-order valence-electron chi connectivity index (χ4n) is 11.3. The Bertz CT molecular complexity index is 3900. The van der Waals surface area contributed by atoms with Crippen molar-refractivity contribution >= 4 is 93.5 Å². The van der Waals surface area contributed by atoms with Crippen LogP contribution in [0.4, 0.5) is 39.8 Å². The number of carboxylic acids is 3. The SMILES string of the molecule is CC(C)(C)OC(=O)N1CCc2ccc(Cl)c(NCc3ccc(C(=O)O)c(F)c3)c2CC1.CC(C)CC(=O)c1ccc(CNc2c(Cl)ccc3c2CCN(C(=O)OC(C)(C)C)CC3)cc1F.CC(C)CC(=O)c1ccc(CNc2c(Cl)ccc3c2CCNCC3)cc1F.O=C(O)CCC(=O)O. The Morgan fingerprint density at radius 2 is 0.790 bits per heavy atom. The van der Waals surface area contributed by atoms with Crippen molar-refractivity contribution in [2.45, 2.75) is 164 Å². The number of ether oxygens (including phenoxy) is 2. The molecule has 0 saturated carbocycles. The fraction of sp³-hybridized carbons (Fsp3) is 0.434. The van der Waals surface area contributed by atoms with Crippen LogP contribution in [0.5, 0.6) is 0 Å². The van der Waals surface area contributed by atoms with Crippen LogP contribution in [0.3, 0.4) is 0 Å². The third-order valence-electron chi connectivity index (χ3n) is 16.1. The normalized spacial score (nSPS) is 13.5. The van der Waals surface area contributed by atoms with E-state index in [2.05, 4.69) is 27.3 Å². The number of rotatable bonds is 19. The summed E-state index contributed by atoms with van der Waals surface area (Å²) in [6.45, 7) is 24.0. The average molecular weight is 1440 g/mol. The molecule has 2 amide bonds. The van der Waals surface area contributed by atoms with E-state index < -0.39 is 46.6 Å². The first-order valence-corrected chi connectivity index (χ1v) is 34.6. The number of hydrogen-bond donors (Lipinski definition) is 7. The highest BCUT2D eigenvalue weighted by molar-refractivity contribution is 6.34. The lowest BCUT2D eigenvalue weighted by Gasteiger charge is -2.26. The molecule has 0 saturated heterocycles. The number of carbonyl (C=O) groups excluding carboxylic acids is 4. The second-order valence-corrected chi connectivity index (χ2v) is 28.7. The minimum absolute atomic E-state index is 0.131. The van der Waals surface area contributed by atoms with Gasteiger partial charge in [0.05, 0.1) is 61.7 Å². The van der Waals surface area contributed by atoms with Crippen molar-refractivity contribution in [2.75, 3.05) is 55.2 Å². The summed E-state index contributed by atoms with van der Waals surface area (Å²) in [7, 11) is 0. The lowest BCUT2D eigenvalue weighted by atomic mass is 9.99. The molecule has 100 heavy (non-hydrogen) atoms. The van der Waals surface area contributed by atoms with Crippen molar-refractivity contribution in [3.05, 3.63) is 190 Å². The molecule has 3 heterocycles. The van der Waals surface area contributed by atoms with E-state index in [-0.39, 0.29) is 71.7 Å². The Morgan fingerprint density at radius 1 is 0.470 bits per heavy atom. The van der Waals surface area contributed by atoms with Gasteiger partial charge in [0.2, 0.25) is 0 Å². The molecular weight excluding hydrogens is 1350 g/mol. The molecule has 0 unspecified atom stereocenters. The first-order chi connectivity index (χ1) is 47.1. The van der Waals surface area contributed by atoms with Crippen LogP contribution in [0.25, 0.3) is 0 Å². The average Bonchev–Trinajstić information content (AvgIpc) is 1.45. The maximum Gasteiger partial charge on any atom is 0.410 e. The van der Waals surface area contributed by atoms with Crippen molar-refractivity contribution in [2.24, 2.45) is 11.8 Å². The van der Waals surface area contributed by atoms with Gasteiger partial charge in [0.1, 0.15) is 28.7 Å². The number of fused-ring (bicyclic) bond motifs is 3. The molecule has 6 aromatic rings. The Morgan fingerprint density at radius 3 is 1.11 bits per heavy atom. The molecule has 540 valence electrons. The van der Waals surface area contributed by atoms with E-state index >= 15 is 0 Å². The molecule has 0 aliphatic carbocycles. The maximum absolute atomic E-state index is 14.6. The first kappa shape index (κ1) is 80.6. The minimum atomic E-state index is -1.30. The zero-order valence-corrected chi connectivity index (χ0v) is 60.7.